The Labute approximate surface area is 103 Å². The Morgan fingerprint density at radius 1 is 1.35 bits per heavy atom. The molecule has 6 heteroatoms. The van der Waals surface area contributed by atoms with E-state index in [9.17, 15) is 13.2 Å². The van der Waals surface area contributed by atoms with Crippen LogP contribution in [0.2, 0.25) is 0 Å². The molecule has 0 saturated heterocycles. The number of carboxylic acids is 1. The second kappa shape index (κ2) is 5.82. The van der Waals surface area contributed by atoms with E-state index in [1.165, 1.54) is 0 Å². The second-order valence-corrected chi connectivity index (χ2v) is 6.84. The van der Waals surface area contributed by atoms with Gasteiger partial charge in [0.2, 0.25) is 10.0 Å². The van der Waals surface area contributed by atoms with Crippen LogP contribution in [-0.4, -0.2) is 30.8 Å². The van der Waals surface area contributed by atoms with E-state index in [4.69, 9.17) is 5.11 Å². The van der Waals surface area contributed by atoms with Crippen LogP contribution in [0.25, 0.3) is 0 Å². The molecule has 0 aliphatic heterocycles. The highest BCUT2D eigenvalue weighted by Crippen LogP contribution is 2.27. The number of aliphatic carboxylic acids is 1. The monoisotopic (exact) mass is 263 g/mol. The first-order valence-electron chi connectivity index (χ1n) is 6.10. The fourth-order valence-corrected chi connectivity index (χ4v) is 3.89. The second-order valence-electron chi connectivity index (χ2n) is 4.84. The molecule has 0 bridgehead atoms. The number of nitrogens with one attached hydrogen (secondary N) is 1. The van der Waals surface area contributed by atoms with Crippen molar-refractivity contribution in [1.29, 1.82) is 0 Å². The summed E-state index contributed by atoms with van der Waals surface area (Å²) in [5, 5.41) is 8.43. The topological polar surface area (TPSA) is 83.5 Å². The van der Waals surface area contributed by atoms with Gasteiger partial charge in [-0.2, -0.15) is 0 Å². The van der Waals surface area contributed by atoms with Gasteiger partial charge in [0.15, 0.2) is 0 Å². The van der Waals surface area contributed by atoms with E-state index >= 15 is 0 Å². The Hall–Kier alpha value is -0.620. The quantitative estimate of drug-likeness (QED) is 0.784. The van der Waals surface area contributed by atoms with Gasteiger partial charge in [-0.1, -0.05) is 13.8 Å². The predicted octanol–water partition coefficient (Wildman–Crippen LogP) is 1.35. The summed E-state index contributed by atoms with van der Waals surface area (Å²) in [5.74, 6) is -0.539. The Bertz CT molecular complexity index is 358. The molecule has 0 aromatic carbocycles. The smallest absolute Gasteiger partial charge is 0.321 e. The third-order valence-electron chi connectivity index (χ3n) is 3.41. The summed E-state index contributed by atoms with van der Waals surface area (Å²) in [6.07, 6.45) is 3.32. The molecule has 2 N–H and O–H groups in total. The molecule has 0 aromatic heterocycles. The SMILES string of the molecule is CCC(NS(=O)(=O)C1CCC(C)CC1)C(=O)O. The number of hydrogen-bond acceptors (Lipinski definition) is 3. The van der Waals surface area contributed by atoms with Crippen molar-refractivity contribution in [2.45, 2.75) is 57.2 Å². The van der Waals surface area contributed by atoms with Crippen molar-refractivity contribution in [1.82, 2.24) is 4.72 Å². The Morgan fingerprint density at radius 2 is 1.88 bits per heavy atom. The molecular formula is C11H21NO4S. The van der Waals surface area contributed by atoms with Crippen molar-refractivity contribution in [2.24, 2.45) is 5.92 Å². The van der Waals surface area contributed by atoms with Gasteiger partial charge >= 0.3 is 5.97 Å². The van der Waals surface area contributed by atoms with Crippen LogP contribution >= 0.6 is 0 Å². The van der Waals surface area contributed by atoms with Crippen LogP contribution in [-0.2, 0) is 14.8 Å². The zero-order valence-corrected chi connectivity index (χ0v) is 11.2. The molecule has 0 spiro atoms. The van der Waals surface area contributed by atoms with Gasteiger partial charge in [-0.3, -0.25) is 4.79 Å². The van der Waals surface area contributed by atoms with Gasteiger partial charge in [-0.25, -0.2) is 13.1 Å². The summed E-state index contributed by atoms with van der Waals surface area (Å²) in [7, 11) is -3.49. The Balaban J connectivity index is 2.65. The van der Waals surface area contributed by atoms with Crippen molar-refractivity contribution < 1.29 is 18.3 Å². The fraction of sp³-hybridized carbons (Fsp3) is 0.909. The fourth-order valence-electron chi connectivity index (χ4n) is 2.14. The molecule has 1 atom stereocenters. The molecule has 1 fully saturated rings. The van der Waals surface area contributed by atoms with Crippen LogP contribution in [0.4, 0.5) is 0 Å². The maximum absolute atomic E-state index is 12.0. The van der Waals surface area contributed by atoms with Gasteiger partial charge in [0.05, 0.1) is 5.25 Å². The van der Waals surface area contributed by atoms with Gasteiger partial charge in [-0.15, -0.1) is 0 Å². The maximum atomic E-state index is 12.0. The average molecular weight is 263 g/mol. The lowest BCUT2D eigenvalue weighted by Crippen LogP contribution is -2.45. The van der Waals surface area contributed by atoms with Crippen LogP contribution in [0, 0.1) is 5.92 Å². The summed E-state index contributed by atoms with van der Waals surface area (Å²) in [5.41, 5.74) is 0. The van der Waals surface area contributed by atoms with Gasteiger partial charge in [0.25, 0.3) is 0 Å². The van der Waals surface area contributed by atoms with Crippen LogP contribution in [0.5, 0.6) is 0 Å². The normalized spacial score (nSPS) is 27.6. The summed E-state index contributed by atoms with van der Waals surface area (Å²) in [6, 6.07) is -1.00. The van der Waals surface area contributed by atoms with Gasteiger partial charge < -0.3 is 5.11 Å². The summed E-state index contributed by atoms with van der Waals surface area (Å²) in [4.78, 5) is 10.8. The standard InChI is InChI=1S/C11H21NO4S/c1-3-10(11(13)14)12-17(15,16)9-6-4-8(2)5-7-9/h8-10,12H,3-7H2,1-2H3,(H,13,14). The van der Waals surface area contributed by atoms with Gasteiger partial charge in [0.1, 0.15) is 6.04 Å². The molecule has 0 amide bonds. The molecule has 1 aliphatic carbocycles. The lowest BCUT2D eigenvalue weighted by molar-refractivity contribution is -0.139. The molecule has 0 aromatic rings. The van der Waals surface area contributed by atoms with E-state index in [0.29, 0.717) is 18.8 Å². The van der Waals surface area contributed by atoms with E-state index in [-0.39, 0.29) is 6.42 Å². The lowest BCUT2D eigenvalue weighted by atomic mass is 9.91. The summed E-state index contributed by atoms with van der Waals surface area (Å²) < 4.78 is 26.3. The minimum atomic E-state index is -3.49. The van der Waals surface area contributed by atoms with Crippen molar-refractivity contribution in [3.8, 4) is 0 Å². The van der Waals surface area contributed by atoms with E-state index in [1.807, 2.05) is 0 Å². The van der Waals surface area contributed by atoms with E-state index in [0.717, 1.165) is 12.8 Å². The minimum Gasteiger partial charge on any atom is -0.480 e. The number of carbonyl (C=O) groups is 1. The maximum Gasteiger partial charge on any atom is 0.321 e. The molecule has 100 valence electrons. The number of rotatable bonds is 5. The highest BCUT2D eigenvalue weighted by Gasteiger charge is 2.32. The summed E-state index contributed by atoms with van der Waals surface area (Å²) in [6.45, 7) is 3.77. The van der Waals surface area contributed by atoms with Crippen molar-refractivity contribution in [2.75, 3.05) is 0 Å². The molecule has 1 saturated carbocycles. The number of hydrogen-bond donors (Lipinski definition) is 2. The highest BCUT2D eigenvalue weighted by atomic mass is 32.2. The largest absolute Gasteiger partial charge is 0.480 e. The lowest BCUT2D eigenvalue weighted by Gasteiger charge is -2.27. The highest BCUT2D eigenvalue weighted by molar-refractivity contribution is 7.90. The summed E-state index contributed by atoms with van der Waals surface area (Å²) >= 11 is 0. The minimum absolute atomic E-state index is 0.262. The third-order valence-corrected chi connectivity index (χ3v) is 5.38. The molecule has 0 radical (unpaired) electrons. The number of sulfonamides is 1. The van der Waals surface area contributed by atoms with Crippen molar-refractivity contribution >= 4 is 16.0 Å². The molecule has 1 aliphatic rings. The van der Waals surface area contributed by atoms with E-state index < -0.39 is 27.3 Å². The molecule has 1 rings (SSSR count). The average Bonchev–Trinajstić information content (AvgIpc) is 2.26. The number of carboxylic acid groups (broad SMARTS) is 1. The molecule has 1 unspecified atom stereocenters. The van der Waals surface area contributed by atoms with Gasteiger partial charge in [0, 0.05) is 0 Å². The molecule has 0 heterocycles. The van der Waals surface area contributed by atoms with Crippen molar-refractivity contribution in [3.05, 3.63) is 0 Å². The van der Waals surface area contributed by atoms with E-state index in [2.05, 4.69) is 11.6 Å². The first-order chi connectivity index (χ1) is 7.86. The first kappa shape index (κ1) is 14.4. The van der Waals surface area contributed by atoms with Crippen LogP contribution in [0.15, 0.2) is 0 Å². The van der Waals surface area contributed by atoms with Crippen LogP contribution < -0.4 is 4.72 Å². The van der Waals surface area contributed by atoms with Crippen molar-refractivity contribution in [3.63, 3.8) is 0 Å². The zero-order valence-electron chi connectivity index (χ0n) is 10.3. The molecule has 5 nitrogen and oxygen atoms in total. The molecular weight excluding hydrogens is 242 g/mol. The predicted molar refractivity (Wildman–Crippen MR) is 65.2 cm³/mol. The van der Waals surface area contributed by atoms with E-state index in [1.54, 1.807) is 6.92 Å². The van der Waals surface area contributed by atoms with Gasteiger partial charge in [-0.05, 0) is 38.0 Å². The molecule has 17 heavy (non-hydrogen) atoms. The van der Waals surface area contributed by atoms with Crippen LogP contribution in [0.1, 0.15) is 46.0 Å². The Kier molecular flexibility index (Phi) is 4.94. The zero-order chi connectivity index (χ0) is 13.1. The third kappa shape index (κ3) is 3.96. The Morgan fingerprint density at radius 3 is 2.29 bits per heavy atom. The first-order valence-corrected chi connectivity index (χ1v) is 7.65. The van der Waals surface area contributed by atoms with Crippen LogP contribution in [0.3, 0.4) is 0 Å².